The van der Waals surface area contributed by atoms with E-state index in [1.807, 2.05) is 0 Å². The molecule has 0 aliphatic heterocycles. The van der Waals surface area contributed by atoms with Crippen LogP contribution in [0.25, 0.3) is 0 Å². The standard InChI is InChI=1S/C16H16Cl4N3O2P/c17-13-7-3-1-5-11(13)9-21-26(25,23-16(24)15(19)20)22-10-12-6-2-4-8-14(12)18/h1-8,15H,9-10H2,(H3,21,22,23,24,25). The van der Waals surface area contributed by atoms with E-state index in [2.05, 4.69) is 15.3 Å². The zero-order valence-electron chi connectivity index (χ0n) is 13.4. The summed E-state index contributed by atoms with van der Waals surface area (Å²) >= 11 is 23.3. The molecule has 0 saturated carbocycles. The molecule has 0 atom stereocenters. The van der Waals surface area contributed by atoms with Gasteiger partial charge in [0, 0.05) is 23.1 Å². The number of carbonyl (C=O) groups excluding carboxylic acids is 1. The summed E-state index contributed by atoms with van der Waals surface area (Å²) in [7, 11) is -3.59. The Labute approximate surface area is 171 Å². The van der Waals surface area contributed by atoms with Crippen LogP contribution in [-0.2, 0) is 22.4 Å². The van der Waals surface area contributed by atoms with E-state index in [9.17, 15) is 9.36 Å². The largest absolute Gasteiger partial charge is 0.306 e. The minimum atomic E-state index is -3.59. The number of alkyl halides is 2. The highest BCUT2D eigenvalue weighted by Crippen LogP contribution is 2.33. The van der Waals surface area contributed by atoms with Gasteiger partial charge in [-0.2, -0.15) is 0 Å². The lowest BCUT2D eigenvalue weighted by Gasteiger charge is -2.22. The van der Waals surface area contributed by atoms with Gasteiger partial charge in [0.15, 0.2) is 4.84 Å². The molecule has 2 aromatic rings. The van der Waals surface area contributed by atoms with E-state index in [1.165, 1.54) is 0 Å². The van der Waals surface area contributed by atoms with Gasteiger partial charge >= 0.3 is 7.59 Å². The summed E-state index contributed by atoms with van der Waals surface area (Å²) in [5.74, 6) is -0.782. The van der Waals surface area contributed by atoms with Crippen LogP contribution < -0.4 is 15.3 Å². The van der Waals surface area contributed by atoms with Crippen LogP contribution in [-0.4, -0.2) is 10.7 Å². The number of rotatable bonds is 8. The van der Waals surface area contributed by atoms with Gasteiger partial charge in [0.05, 0.1) is 0 Å². The fraction of sp³-hybridized carbons (Fsp3) is 0.188. The van der Waals surface area contributed by atoms with Crippen molar-refractivity contribution in [1.29, 1.82) is 0 Å². The lowest BCUT2D eigenvalue weighted by molar-refractivity contribution is -0.117. The van der Waals surface area contributed by atoms with Gasteiger partial charge in [0.1, 0.15) is 0 Å². The maximum Gasteiger partial charge on any atom is 0.306 e. The highest BCUT2D eigenvalue weighted by atomic mass is 35.5. The van der Waals surface area contributed by atoms with E-state index in [4.69, 9.17) is 46.4 Å². The van der Waals surface area contributed by atoms with Crippen LogP contribution in [0.3, 0.4) is 0 Å². The Morgan fingerprint density at radius 2 is 1.31 bits per heavy atom. The molecule has 0 aliphatic rings. The van der Waals surface area contributed by atoms with E-state index in [0.717, 1.165) is 11.1 Å². The Hall–Kier alpha value is -0.780. The average Bonchev–Trinajstić information content (AvgIpc) is 2.60. The number of nitrogens with one attached hydrogen (secondary N) is 3. The SMILES string of the molecule is O=C(NP(=O)(NCc1ccccc1Cl)NCc1ccccc1Cl)C(Cl)Cl. The summed E-state index contributed by atoms with van der Waals surface area (Å²) in [6.07, 6.45) is 0. The van der Waals surface area contributed by atoms with Gasteiger partial charge < -0.3 is 0 Å². The van der Waals surface area contributed by atoms with Crippen molar-refractivity contribution < 1.29 is 9.36 Å². The van der Waals surface area contributed by atoms with Crippen molar-refractivity contribution in [3.8, 4) is 0 Å². The summed E-state index contributed by atoms with van der Waals surface area (Å²) in [4.78, 5) is 10.5. The predicted molar refractivity (Wildman–Crippen MR) is 108 cm³/mol. The lowest BCUT2D eigenvalue weighted by atomic mass is 10.2. The van der Waals surface area contributed by atoms with Gasteiger partial charge in [-0.1, -0.05) is 82.8 Å². The van der Waals surface area contributed by atoms with Crippen LogP contribution in [0.5, 0.6) is 0 Å². The molecule has 0 bridgehead atoms. The monoisotopic (exact) mass is 453 g/mol. The first-order chi connectivity index (χ1) is 12.3. The van der Waals surface area contributed by atoms with Crippen molar-refractivity contribution in [2.75, 3.05) is 0 Å². The molecule has 2 rings (SSSR count). The molecule has 140 valence electrons. The topological polar surface area (TPSA) is 70.2 Å². The van der Waals surface area contributed by atoms with E-state index >= 15 is 0 Å². The Balaban J connectivity index is 2.13. The van der Waals surface area contributed by atoms with Crippen LogP contribution in [0.4, 0.5) is 0 Å². The highest BCUT2D eigenvalue weighted by molar-refractivity contribution is 7.58. The molecule has 1 amide bonds. The molecule has 3 N–H and O–H groups in total. The highest BCUT2D eigenvalue weighted by Gasteiger charge is 2.27. The third kappa shape index (κ3) is 6.43. The molecular formula is C16H16Cl4N3O2P. The van der Waals surface area contributed by atoms with Crippen molar-refractivity contribution >= 4 is 59.9 Å². The van der Waals surface area contributed by atoms with E-state index < -0.39 is 18.3 Å². The zero-order chi connectivity index (χ0) is 19.2. The van der Waals surface area contributed by atoms with Crippen molar-refractivity contribution in [1.82, 2.24) is 15.3 Å². The first kappa shape index (κ1) is 21.5. The van der Waals surface area contributed by atoms with Crippen molar-refractivity contribution in [3.63, 3.8) is 0 Å². The number of hydrogen-bond acceptors (Lipinski definition) is 2. The second-order valence-corrected chi connectivity index (χ2v) is 9.22. The number of amides is 1. The summed E-state index contributed by atoms with van der Waals surface area (Å²) in [5, 5.41) is 8.93. The normalized spacial score (nSPS) is 11.6. The number of benzene rings is 2. The Kier molecular flexibility index (Phi) is 8.24. The smallest absolute Gasteiger partial charge is 0.281 e. The Morgan fingerprint density at radius 3 is 1.69 bits per heavy atom. The van der Waals surface area contributed by atoms with Crippen molar-refractivity contribution in [3.05, 3.63) is 69.7 Å². The van der Waals surface area contributed by atoms with Gasteiger partial charge in [0.2, 0.25) is 0 Å². The molecule has 0 unspecified atom stereocenters. The maximum absolute atomic E-state index is 13.1. The molecule has 5 nitrogen and oxygen atoms in total. The second-order valence-electron chi connectivity index (χ2n) is 5.24. The molecule has 26 heavy (non-hydrogen) atoms. The Morgan fingerprint density at radius 1 is 0.885 bits per heavy atom. The van der Waals surface area contributed by atoms with Crippen LogP contribution in [0.1, 0.15) is 11.1 Å². The second kappa shape index (κ2) is 9.95. The summed E-state index contributed by atoms with van der Waals surface area (Å²) < 4.78 is 13.1. The lowest BCUT2D eigenvalue weighted by Crippen LogP contribution is -2.37. The molecule has 2 aromatic carbocycles. The quantitative estimate of drug-likeness (QED) is 0.392. The zero-order valence-corrected chi connectivity index (χ0v) is 17.3. The molecule has 0 aromatic heterocycles. The van der Waals surface area contributed by atoms with Crippen LogP contribution >= 0.6 is 54.0 Å². The van der Waals surface area contributed by atoms with Crippen LogP contribution in [0.15, 0.2) is 48.5 Å². The van der Waals surface area contributed by atoms with E-state index in [0.29, 0.717) is 10.0 Å². The van der Waals surface area contributed by atoms with Gasteiger partial charge in [-0.3, -0.25) is 14.4 Å². The molecule has 10 heteroatoms. The summed E-state index contributed by atoms with van der Waals surface area (Å²) in [5.41, 5.74) is 1.44. The molecule has 0 heterocycles. The molecule has 0 aliphatic carbocycles. The molecular weight excluding hydrogens is 439 g/mol. The minimum Gasteiger partial charge on any atom is -0.281 e. The molecule has 0 fully saturated rings. The third-order valence-corrected chi connectivity index (χ3v) is 6.24. The van der Waals surface area contributed by atoms with Crippen LogP contribution in [0, 0.1) is 0 Å². The fourth-order valence-corrected chi connectivity index (χ4v) is 4.18. The van der Waals surface area contributed by atoms with Gasteiger partial charge in [-0.25, -0.2) is 10.2 Å². The fourth-order valence-electron chi connectivity index (χ4n) is 2.02. The number of hydrogen-bond donors (Lipinski definition) is 3. The molecule has 0 spiro atoms. The van der Waals surface area contributed by atoms with Gasteiger partial charge in [-0.05, 0) is 23.3 Å². The molecule has 0 saturated heterocycles. The third-order valence-electron chi connectivity index (χ3n) is 3.37. The molecule has 0 radical (unpaired) electrons. The summed E-state index contributed by atoms with van der Waals surface area (Å²) in [6.45, 7) is 0.310. The van der Waals surface area contributed by atoms with E-state index in [1.54, 1.807) is 48.5 Å². The first-order valence-electron chi connectivity index (χ1n) is 7.48. The number of halogens is 4. The van der Waals surface area contributed by atoms with Crippen molar-refractivity contribution in [2.24, 2.45) is 0 Å². The number of carbonyl (C=O) groups is 1. The van der Waals surface area contributed by atoms with E-state index in [-0.39, 0.29) is 13.1 Å². The minimum absolute atomic E-state index is 0.155. The average molecular weight is 455 g/mol. The van der Waals surface area contributed by atoms with Gasteiger partial charge in [0.25, 0.3) is 5.91 Å². The van der Waals surface area contributed by atoms with Gasteiger partial charge in [-0.15, -0.1) is 0 Å². The first-order valence-corrected chi connectivity index (χ1v) is 10.8. The van der Waals surface area contributed by atoms with Crippen LogP contribution in [0.2, 0.25) is 10.0 Å². The maximum atomic E-state index is 13.1. The Bertz CT molecular complexity index is 766. The predicted octanol–water partition coefficient (Wildman–Crippen LogP) is 4.90. The summed E-state index contributed by atoms with van der Waals surface area (Å²) in [6, 6.07) is 14.2. The van der Waals surface area contributed by atoms with Crippen molar-refractivity contribution in [2.45, 2.75) is 17.9 Å².